The van der Waals surface area contributed by atoms with Crippen LogP contribution < -0.4 is 19.9 Å². The summed E-state index contributed by atoms with van der Waals surface area (Å²) >= 11 is 6.75. The van der Waals surface area contributed by atoms with Gasteiger partial charge in [0, 0.05) is 68.0 Å². The highest BCUT2D eigenvalue weighted by Crippen LogP contribution is 2.43. The van der Waals surface area contributed by atoms with Crippen LogP contribution in [-0.2, 0) is 17.8 Å². The minimum atomic E-state index is -0.251. The van der Waals surface area contributed by atoms with E-state index in [2.05, 4.69) is 70.8 Å². The molecule has 246 valence electrons. The van der Waals surface area contributed by atoms with Crippen molar-refractivity contribution in [1.29, 1.82) is 5.26 Å². The first kappa shape index (κ1) is 31.7. The Morgan fingerprint density at radius 2 is 1.87 bits per heavy atom. The van der Waals surface area contributed by atoms with Crippen LogP contribution in [0.2, 0.25) is 5.02 Å². The largest absolute Gasteiger partial charge is 0.461 e. The quantitative estimate of drug-likeness (QED) is 0.351. The zero-order chi connectivity index (χ0) is 32.7. The molecule has 3 atom stereocenters. The van der Waals surface area contributed by atoms with Crippen LogP contribution >= 0.6 is 11.6 Å². The average molecular weight is 655 g/mol. The van der Waals surface area contributed by atoms with Gasteiger partial charge in [-0.15, -0.1) is 0 Å². The number of anilines is 2. The molecule has 2 unspecified atom stereocenters. The fourth-order valence-corrected chi connectivity index (χ4v) is 8.08. The second-order valence-corrected chi connectivity index (χ2v) is 14.0. The highest BCUT2D eigenvalue weighted by molar-refractivity contribution is 6.36. The van der Waals surface area contributed by atoms with E-state index in [0.29, 0.717) is 50.9 Å². The fraction of sp³-hybridized carbons (Fsp3) is 0.500. The molecule has 7 rings (SSSR count). The monoisotopic (exact) mass is 654 g/mol. The molecule has 1 amide bonds. The van der Waals surface area contributed by atoms with Crippen molar-refractivity contribution in [1.82, 2.24) is 25.1 Å². The fourth-order valence-electron chi connectivity index (χ4n) is 7.80. The molecule has 1 N–H and O–H groups in total. The molecule has 1 saturated carbocycles. The number of benzene rings is 2. The molecule has 1 aromatic heterocycles. The summed E-state index contributed by atoms with van der Waals surface area (Å²) in [4.78, 5) is 31.7. The van der Waals surface area contributed by atoms with Gasteiger partial charge < -0.3 is 24.8 Å². The van der Waals surface area contributed by atoms with Crippen LogP contribution in [0.4, 0.5) is 11.5 Å². The second kappa shape index (κ2) is 12.9. The van der Waals surface area contributed by atoms with E-state index in [-0.39, 0.29) is 23.9 Å². The minimum Gasteiger partial charge on any atom is -0.461 e. The zero-order valence-electron chi connectivity index (χ0n) is 27.3. The first-order chi connectivity index (χ1) is 22.8. The number of nitriles is 1. The smallest absolute Gasteiger partial charge is 0.318 e. The Bertz CT molecular complexity index is 1710. The summed E-state index contributed by atoms with van der Waals surface area (Å²) in [6.45, 7) is 13.7. The van der Waals surface area contributed by atoms with Gasteiger partial charge >= 0.3 is 6.01 Å². The van der Waals surface area contributed by atoms with Crippen LogP contribution in [0.3, 0.4) is 0 Å². The molecule has 0 radical (unpaired) electrons. The lowest BCUT2D eigenvalue weighted by molar-refractivity contribution is -0.128. The number of hydrogen-bond donors (Lipinski definition) is 1. The molecule has 3 aromatic rings. The van der Waals surface area contributed by atoms with Gasteiger partial charge in [-0.3, -0.25) is 9.69 Å². The van der Waals surface area contributed by atoms with Crippen molar-refractivity contribution >= 4 is 39.8 Å². The molecule has 2 saturated heterocycles. The highest BCUT2D eigenvalue weighted by atomic mass is 35.5. The van der Waals surface area contributed by atoms with Crippen LogP contribution in [0, 0.1) is 11.3 Å². The lowest BCUT2D eigenvalue weighted by Gasteiger charge is -2.42. The van der Waals surface area contributed by atoms with Gasteiger partial charge in [-0.05, 0) is 56.7 Å². The molecular weight excluding hydrogens is 612 g/mol. The van der Waals surface area contributed by atoms with Crippen molar-refractivity contribution in [2.75, 3.05) is 55.7 Å². The number of aromatic nitrogens is 2. The number of nitrogens with one attached hydrogen (secondary N) is 1. The van der Waals surface area contributed by atoms with Gasteiger partial charge in [0.15, 0.2) is 0 Å². The summed E-state index contributed by atoms with van der Waals surface area (Å²) in [6.07, 6.45) is 4.54. The summed E-state index contributed by atoms with van der Waals surface area (Å²) in [7, 11) is 0. The molecule has 10 nitrogen and oxygen atoms in total. The zero-order valence-corrected chi connectivity index (χ0v) is 28.0. The lowest BCUT2D eigenvalue weighted by Crippen LogP contribution is -2.59. The van der Waals surface area contributed by atoms with E-state index >= 15 is 0 Å². The summed E-state index contributed by atoms with van der Waals surface area (Å²) < 4.78 is 6.56. The maximum Gasteiger partial charge on any atom is 0.318 e. The van der Waals surface area contributed by atoms with Gasteiger partial charge in [0.25, 0.3) is 0 Å². The Balaban J connectivity index is 1.21. The number of ether oxygens (including phenoxy) is 1. The summed E-state index contributed by atoms with van der Waals surface area (Å²) in [6, 6.07) is 15.6. The number of nitrogens with zero attached hydrogens (tertiary/aromatic N) is 7. The number of carbonyl (C=O) groups excluding carboxylic acids is 1. The van der Waals surface area contributed by atoms with Gasteiger partial charge in [0.2, 0.25) is 5.91 Å². The Morgan fingerprint density at radius 3 is 2.60 bits per heavy atom. The van der Waals surface area contributed by atoms with Gasteiger partial charge in [-0.25, -0.2) is 0 Å². The highest BCUT2D eigenvalue weighted by Gasteiger charge is 2.50. The predicted molar refractivity (Wildman–Crippen MR) is 185 cm³/mol. The first-order valence-electron chi connectivity index (χ1n) is 16.8. The van der Waals surface area contributed by atoms with Crippen molar-refractivity contribution < 1.29 is 9.53 Å². The van der Waals surface area contributed by atoms with Crippen molar-refractivity contribution in [3.8, 4) is 12.1 Å². The SMILES string of the molecule is C=CC(=O)N1CCN(c2nc(OCC3(N4CC(C)NC(C)C4)CC3)nc3c2CCN(c2cccc4cccc(Cl)c24)C3)C[C@@H]1CC#N. The normalized spacial score (nSPS) is 24.0. The molecular formula is C36H43ClN8O2. The third-order valence-corrected chi connectivity index (χ3v) is 10.6. The number of carbonyl (C=O) groups is 1. The van der Waals surface area contributed by atoms with Gasteiger partial charge in [-0.2, -0.15) is 15.2 Å². The molecule has 0 spiro atoms. The first-order valence-corrected chi connectivity index (χ1v) is 17.2. The molecule has 1 aliphatic carbocycles. The third kappa shape index (κ3) is 6.24. The molecule has 2 aromatic carbocycles. The maximum atomic E-state index is 12.6. The van der Waals surface area contributed by atoms with Crippen LogP contribution in [0.1, 0.15) is 44.4 Å². The number of amides is 1. The summed E-state index contributed by atoms with van der Waals surface area (Å²) in [5.74, 6) is 0.706. The Labute approximate surface area is 281 Å². The van der Waals surface area contributed by atoms with Crippen LogP contribution in [0.5, 0.6) is 6.01 Å². The standard InChI is InChI=1S/C36H43ClN8O2/c1-4-32(46)45-18-17-43(21-27(45)11-15-38)34-28-12-16-42(31-10-6-8-26-7-5-9-29(37)33(26)31)22-30(28)40-35(41-34)47-23-36(13-14-36)44-19-24(2)39-25(3)20-44/h4-10,24-25,27,39H,1,11-14,16-23H2,2-3H3/t24?,25?,27-/m0/s1. The number of hydrogen-bond acceptors (Lipinski definition) is 9. The van der Waals surface area contributed by atoms with Gasteiger partial charge in [-0.1, -0.05) is 42.4 Å². The van der Waals surface area contributed by atoms with Gasteiger partial charge in [0.1, 0.15) is 12.4 Å². The number of piperazine rings is 2. The maximum absolute atomic E-state index is 12.6. The van der Waals surface area contributed by atoms with E-state index in [4.69, 9.17) is 26.3 Å². The number of halogens is 1. The molecule has 0 bridgehead atoms. The van der Waals surface area contributed by atoms with Crippen LogP contribution in [-0.4, -0.2) is 95.2 Å². The molecule has 4 heterocycles. The number of rotatable bonds is 8. The number of fused-ring (bicyclic) bond motifs is 2. The molecule has 3 fully saturated rings. The Hall–Kier alpha value is -3.91. The molecule has 3 aliphatic heterocycles. The van der Waals surface area contributed by atoms with E-state index in [0.717, 1.165) is 77.5 Å². The second-order valence-electron chi connectivity index (χ2n) is 13.6. The molecule has 11 heteroatoms. The summed E-state index contributed by atoms with van der Waals surface area (Å²) in [5.41, 5.74) is 3.15. The predicted octanol–water partition coefficient (Wildman–Crippen LogP) is 4.56. The van der Waals surface area contributed by atoms with E-state index < -0.39 is 0 Å². The Kier molecular flexibility index (Phi) is 8.73. The minimum absolute atomic E-state index is 0.0182. The molecule has 4 aliphatic rings. The van der Waals surface area contributed by atoms with Crippen molar-refractivity contribution in [2.24, 2.45) is 0 Å². The average Bonchev–Trinajstić information content (AvgIpc) is 3.87. The topological polar surface area (TPSA) is 101 Å². The van der Waals surface area contributed by atoms with Crippen LogP contribution in [0.25, 0.3) is 10.8 Å². The van der Waals surface area contributed by atoms with E-state index in [1.807, 2.05) is 12.1 Å². The van der Waals surface area contributed by atoms with Crippen molar-refractivity contribution in [2.45, 2.75) is 69.7 Å². The van der Waals surface area contributed by atoms with E-state index in [9.17, 15) is 10.1 Å². The molecule has 47 heavy (non-hydrogen) atoms. The van der Waals surface area contributed by atoms with E-state index in [1.165, 1.54) is 6.08 Å². The summed E-state index contributed by atoms with van der Waals surface area (Å²) in [5, 5.41) is 16.1. The van der Waals surface area contributed by atoms with Crippen molar-refractivity contribution in [3.05, 3.63) is 65.3 Å². The lowest BCUT2D eigenvalue weighted by atomic mass is 10.0. The van der Waals surface area contributed by atoms with E-state index in [1.54, 1.807) is 4.90 Å². The third-order valence-electron chi connectivity index (χ3n) is 10.3. The Morgan fingerprint density at radius 1 is 1.11 bits per heavy atom. The van der Waals surface area contributed by atoms with Crippen molar-refractivity contribution in [3.63, 3.8) is 0 Å². The van der Waals surface area contributed by atoms with Crippen LogP contribution in [0.15, 0.2) is 49.1 Å². The van der Waals surface area contributed by atoms with Gasteiger partial charge in [0.05, 0.1) is 41.3 Å².